The summed E-state index contributed by atoms with van der Waals surface area (Å²) >= 11 is 0. The summed E-state index contributed by atoms with van der Waals surface area (Å²) in [6, 6.07) is 2.16. The Hall–Kier alpha value is -1.54. The molecular formula is C25H40N4O. The van der Waals surface area contributed by atoms with Crippen LogP contribution in [0.2, 0.25) is 0 Å². The van der Waals surface area contributed by atoms with E-state index in [-0.39, 0.29) is 17.5 Å². The molecule has 30 heavy (non-hydrogen) atoms. The number of aliphatic imine (C=N–C) groups is 1. The zero-order valence-electron chi connectivity index (χ0n) is 19.0. The highest BCUT2D eigenvalue weighted by Crippen LogP contribution is 2.65. The lowest BCUT2D eigenvalue weighted by Crippen LogP contribution is -2.51. The van der Waals surface area contributed by atoms with E-state index >= 15 is 0 Å². The van der Waals surface area contributed by atoms with Gasteiger partial charge in [0, 0.05) is 6.20 Å². The molecule has 0 aromatic rings. The molecule has 9 atom stereocenters. The van der Waals surface area contributed by atoms with Crippen LogP contribution in [-0.4, -0.2) is 22.6 Å². The van der Waals surface area contributed by atoms with Crippen LogP contribution in [0.4, 0.5) is 0 Å². The average molecular weight is 413 g/mol. The number of nitriles is 1. The van der Waals surface area contributed by atoms with Gasteiger partial charge in [-0.15, -0.1) is 0 Å². The van der Waals surface area contributed by atoms with Crippen LogP contribution in [0.25, 0.3) is 0 Å². The SMILES string of the molecule is CC(N=C(N)C(C#N)=CN)[C@H]1CC[C@H]2[C@@H]3CC[C@@H]4C[C@](C)(O)CC[C@@H]4[C@H]3CC[C@]12C. The van der Waals surface area contributed by atoms with Gasteiger partial charge >= 0.3 is 0 Å². The standard InChI is InChI=1S/C25H40N4O/c1-15(29-23(28)17(13-26)14-27)21-6-7-22-20-5-4-16-12-24(2,30)10-8-18(16)19(20)9-11-25(21,22)3/h13,15-16,18-22,30H,4-12,26H2,1-3H3,(H2,28,29)/t15?,16-,18+,19-,20-,21-,22+,24-,25-/m1/s1. The summed E-state index contributed by atoms with van der Waals surface area (Å²) in [5.41, 5.74) is 11.8. The fraction of sp³-hybridized carbons (Fsp3) is 0.840. The number of nitrogens with two attached hydrogens (primary N) is 2. The van der Waals surface area contributed by atoms with Gasteiger partial charge in [0.15, 0.2) is 0 Å². The molecule has 0 amide bonds. The number of aliphatic hydroxyl groups is 1. The number of nitrogens with zero attached hydrogens (tertiary/aromatic N) is 2. The Morgan fingerprint density at radius 2 is 1.83 bits per heavy atom. The molecule has 4 aliphatic carbocycles. The molecule has 166 valence electrons. The van der Waals surface area contributed by atoms with Crippen molar-refractivity contribution in [2.75, 3.05) is 0 Å². The minimum absolute atomic E-state index is 0.112. The second-order valence-electron chi connectivity index (χ2n) is 11.4. The predicted octanol–water partition coefficient (Wildman–Crippen LogP) is 4.12. The Labute approximate surface area is 182 Å². The van der Waals surface area contributed by atoms with E-state index in [0.717, 1.165) is 42.4 Å². The van der Waals surface area contributed by atoms with E-state index in [9.17, 15) is 10.4 Å². The van der Waals surface area contributed by atoms with Crippen molar-refractivity contribution in [3.63, 3.8) is 0 Å². The summed E-state index contributed by atoms with van der Waals surface area (Å²) in [4.78, 5) is 4.72. The van der Waals surface area contributed by atoms with Crippen LogP contribution in [0.5, 0.6) is 0 Å². The highest BCUT2D eigenvalue weighted by atomic mass is 16.3. The maximum Gasteiger partial charge on any atom is 0.138 e. The predicted molar refractivity (Wildman–Crippen MR) is 120 cm³/mol. The zero-order chi connectivity index (χ0) is 21.7. The molecule has 0 aliphatic heterocycles. The molecule has 5 heteroatoms. The topological polar surface area (TPSA) is 108 Å². The van der Waals surface area contributed by atoms with E-state index in [2.05, 4.69) is 13.8 Å². The Bertz CT molecular complexity index is 766. The first-order valence-corrected chi connectivity index (χ1v) is 12.1. The Balaban J connectivity index is 1.51. The molecule has 5 nitrogen and oxygen atoms in total. The summed E-state index contributed by atoms with van der Waals surface area (Å²) in [6.07, 6.45) is 12.2. The lowest BCUT2D eigenvalue weighted by molar-refractivity contribution is -0.100. The molecule has 4 saturated carbocycles. The third kappa shape index (κ3) is 3.55. The average Bonchev–Trinajstić information content (AvgIpc) is 3.05. The Morgan fingerprint density at radius 1 is 1.10 bits per heavy atom. The monoisotopic (exact) mass is 412 g/mol. The van der Waals surface area contributed by atoms with E-state index in [1.54, 1.807) is 0 Å². The number of hydrogen-bond donors (Lipinski definition) is 3. The molecule has 0 bridgehead atoms. The van der Waals surface area contributed by atoms with E-state index in [0.29, 0.717) is 11.3 Å². The Morgan fingerprint density at radius 3 is 2.53 bits per heavy atom. The molecule has 4 aliphatic rings. The molecule has 0 heterocycles. The largest absolute Gasteiger partial charge is 0.403 e. The number of amidine groups is 1. The Kier molecular flexibility index (Phi) is 5.68. The van der Waals surface area contributed by atoms with Crippen molar-refractivity contribution >= 4 is 5.84 Å². The van der Waals surface area contributed by atoms with Crippen LogP contribution >= 0.6 is 0 Å². The van der Waals surface area contributed by atoms with E-state index in [1.807, 2.05) is 13.0 Å². The van der Waals surface area contributed by atoms with Gasteiger partial charge in [-0.1, -0.05) is 6.92 Å². The van der Waals surface area contributed by atoms with E-state index in [1.165, 1.54) is 51.1 Å². The molecular weight excluding hydrogens is 372 g/mol. The first kappa shape index (κ1) is 21.7. The van der Waals surface area contributed by atoms with E-state index < -0.39 is 5.60 Å². The van der Waals surface area contributed by atoms with Crippen molar-refractivity contribution in [1.82, 2.24) is 0 Å². The van der Waals surface area contributed by atoms with Gasteiger partial charge in [0.05, 0.1) is 11.6 Å². The summed E-state index contributed by atoms with van der Waals surface area (Å²) in [6.45, 7) is 6.72. The quantitative estimate of drug-likeness (QED) is 0.368. The number of rotatable bonds is 3. The third-order valence-electron chi connectivity index (χ3n) is 9.80. The van der Waals surface area contributed by atoms with Crippen LogP contribution in [0, 0.1) is 52.3 Å². The molecule has 4 rings (SSSR count). The maximum absolute atomic E-state index is 10.6. The van der Waals surface area contributed by atoms with Crippen molar-refractivity contribution in [2.45, 2.75) is 90.2 Å². The molecule has 0 spiro atoms. The smallest absolute Gasteiger partial charge is 0.138 e. The third-order valence-corrected chi connectivity index (χ3v) is 9.80. The van der Waals surface area contributed by atoms with Crippen molar-refractivity contribution < 1.29 is 5.11 Å². The summed E-state index contributed by atoms with van der Waals surface area (Å²) in [7, 11) is 0. The van der Waals surface area contributed by atoms with Crippen LogP contribution < -0.4 is 11.5 Å². The fourth-order valence-corrected chi connectivity index (χ4v) is 8.47. The van der Waals surface area contributed by atoms with Gasteiger partial charge in [0.1, 0.15) is 17.5 Å². The summed E-state index contributed by atoms with van der Waals surface area (Å²) in [5.74, 6) is 4.83. The van der Waals surface area contributed by atoms with Gasteiger partial charge in [-0.05, 0) is 113 Å². The van der Waals surface area contributed by atoms with Crippen molar-refractivity contribution in [3.8, 4) is 6.07 Å². The minimum atomic E-state index is -0.441. The second-order valence-corrected chi connectivity index (χ2v) is 11.4. The lowest BCUT2D eigenvalue weighted by Gasteiger charge is -2.57. The first-order chi connectivity index (χ1) is 14.2. The van der Waals surface area contributed by atoms with Crippen LogP contribution in [0.15, 0.2) is 16.8 Å². The van der Waals surface area contributed by atoms with Gasteiger partial charge in [0.25, 0.3) is 0 Å². The minimum Gasteiger partial charge on any atom is -0.403 e. The zero-order valence-corrected chi connectivity index (χ0v) is 19.0. The number of fused-ring (bicyclic) bond motifs is 5. The van der Waals surface area contributed by atoms with Crippen molar-refractivity contribution in [2.24, 2.45) is 57.4 Å². The highest BCUT2D eigenvalue weighted by molar-refractivity contribution is 6.00. The molecule has 0 aromatic heterocycles. The van der Waals surface area contributed by atoms with E-state index in [4.69, 9.17) is 16.5 Å². The molecule has 0 saturated heterocycles. The van der Waals surface area contributed by atoms with Gasteiger partial charge in [-0.2, -0.15) is 5.26 Å². The van der Waals surface area contributed by atoms with Crippen molar-refractivity contribution in [3.05, 3.63) is 11.8 Å². The molecule has 0 radical (unpaired) electrons. The second kappa shape index (κ2) is 7.86. The normalized spacial score (nSPS) is 47.6. The van der Waals surface area contributed by atoms with Crippen molar-refractivity contribution in [1.29, 1.82) is 5.26 Å². The van der Waals surface area contributed by atoms with Crippen LogP contribution in [-0.2, 0) is 0 Å². The van der Waals surface area contributed by atoms with Crippen LogP contribution in [0.1, 0.15) is 78.6 Å². The summed E-state index contributed by atoms with van der Waals surface area (Å²) in [5, 5.41) is 19.8. The van der Waals surface area contributed by atoms with Gasteiger partial charge < -0.3 is 16.6 Å². The summed E-state index contributed by atoms with van der Waals surface area (Å²) < 4.78 is 0. The van der Waals surface area contributed by atoms with Gasteiger partial charge in [-0.3, -0.25) is 4.99 Å². The number of hydrogen-bond acceptors (Lipinski definition) is 4. The molecule has 5 N–H and O–H groups in total. The highest BCUT2D eigenvalue weighted by Gasteiger charge is 2.58. The molecule has 1 unspecified atom stereocenters. The fourth-order valence-electron chi connectivity index (χ4n) is 8.47. The molecule has 0 aromatic carbocycles. The van der Waals surface area contributed by atoms with Crippen LogP contribution in [0.3, 0.4) is 0 Å². The maximum atomic E-state index is 10.6. The first-order valence-electron chi connectivity index (χ1n) is 12.1. The van der Waals surface area contributed by atoms with Gasteiger partial charge in [0.2, 0.25) is 0 Å². The molecule has 4 fully saturated rings. The lowest BCUT2D eigenvalue weighted by atomic mass is 9.49. The van der Waals surface area contributed by atoms with Gasteiger partial charge in [-0.25, -0.2) is 0 Å².